The summed E-state index contributed by atoms with van der Waals surface area (Å²) < 4.78 is 5.05. The van der Waals surface area contributed by atoms with Gasteiger partial charge in [0.2, 0.25) is 0 Å². The van der Waals surface area contributed by atoms with Crippen LogP contribution < -0.4 is 5.32 Å². The second kappa shape index (κ2) is 9.49. The Morgan fingerprint density at radius 2 is 1.75 bits per heavy atom. The maximum atomic E-state index is 11.2. The topological polar surface area (TPSA) is 38.3 Å². The number of ether oxygens (including phenoxy) is 1. The molecule has 0 radical (unpaired) electrons. The summed E-state index contributed by atoms with van der Waals surface area (Å²) in [5.74, 6) is 1.24. The van der Waals surface area contributed by atoms with E-state index in [1.54, 1.807) is 0 Å². The number of hydrogen-bond donors (Lipinski definition) is 1. The monoisotopic (exact) mass is 229 g/mol. The summed E-state index contributed by atoms with van der Waals surface area (Å²) in [5.41, 5.74) is 0. The summed E-state index contributed by atoms with van der Waals surface area (Å²) in [5, 5.41) is 2.73. The van der Waals surface area contributed by atoms with Crippen molar-refractivity contribution in [3.63, 3.8) is 0 Å². The van der Waals surface area contributed by atoms with E-state index in [1.807, 2.05) is 0 Å². The van der Waals surface area contributed by atoms with Gasteiger partial charge in [-0.1, -0.05) is 47.0 Å². The van der Waals surface area contributed by atoms with Gasteiger partial charge in [0.1, 0.15) is 0 Å². The number of hydrogen-bond acceptors (Lipinski definition) is 2. The van der Waals surface area contributed by atoms with Crippen LogP contribution in [0.3, 0.4) is 0 Å². The highest BCUT2D eigenvalue weighted by molar-refractivity contribution is 5.66. The van der Waals surface area contributed by atoms with Crippen molar-refractivity contribution in [2.45, 2.75) is 53.4 Å². The van der Waals surface area contributed by atoms with E-state index in [1.165, 1.54) is 12.8 Å². The van der Waals surface area contributed by atoms with Crippen molar-refractivity contribution in [3.8, 4) is 0 Å². The van der Waals surface area contributed by atoms with E-state index in [0.29, 0.717) is 19.1 Å². The van der Waals surface area contributed by atoms with Crippen molar-refractivity contribution in [2.75, 3.05) is 13.2 Å². The zero-order valence-corrected chi connectivity index (χ0v) is 11.2. The molecule has 0 aliphatic carbocycles. The zero-order chi connectivity index (χ0) is 12.4. The molecule has 0 fully saturated rings. The van der Waals surface area contributed by atoms with Crippen LogP contribution in [0, 0.1) is 11.8 Å². The standard InChI is InChI=1S/C13H27NO2/c1-11(2)8-6-5-7-9-16-13(15)14-10-12(3)4/h11-12H,5-10H2,1-4H3,(H,14,15). The lowest BCUT2D eigenvalue weighted by Crippen LogP contribution is -2.28. The van der Waals surface area contributed by atoms with Gasteiger partial charge in [-0.25, -0.2) is 4.79 Å². The second-order valence-electron chi connectivity index (χ2n) is 5.15. The molecule has 0 heterocycles. The lowest BCUT2D eigenvalue weighted by molar-refractivity contribution is 0.142. The molecule has 16 heavy (non-hydrogen) atoms. The van der Waals surface area contributed by atoms with E-state index < -0.39 is 0 Å². The van der Waals surface area contributed by atoms with Gasteiger partial charge in [0.05, 0.1) is 6.61 Å². The molecule has 0 aliphatic heterocycles. The zero-order valence-electron chi connectivity index (χ0n) is 11.2. The summed E-state index contributed by atoms with van der Waals surface area (Å²) >= 11 is 0. The minimum Gasteiger partial charge on any atom is -0.450 e. The number of carbonyl (C=O) groups excluding carboxylic acids is 1. The molecule has 3 heteroatoms. The van der Waals surface area contributed by atoms with Crippen molar-refractivity contribution in [3.05, 3.63) is 0 Å². The van der Waals surface area contributed by atoms with Crippen LogP contribution in [0.15, 0.2) is 0 Å². The molecule has 1 amide bonds. The van der Waals surface area contributed by atoms with Crippen LogP contribution in [0.5, 0.6) is 0 Å². The lowest BCUT2D eigenvalue weighted by atomic mass is 10.1. The average molecular weight is 229 g/mol. The molecule has 0 saturated heterocycles. The highest BCUT2D eigenvalue weighted by atomic mass is 16.5. The van der Waals surface area contributed by atoms with Crippen LogP contribution in [0.4, 0.5) is 4.79 Å². The summed E-state index contributed by atoms with van der Waals surface area (Å²) in [6, 6.07) is 0. The first-order chi connectivity index (χ1) is 7.52. The van der Waals surface area contributed by atoms with Crippen LogP contribution in [0.2, 0.25) is 0 Å². The van der Waals surface area contributed by atoms with Crippen molar-refractivity contribution in [1.29, 1.82) is 0 Å². The third-order valence-electron chi connectivity index (χ3n) is 2.31. The van der Waals surface area contributed by atoms with Crippen molar-refractivity contribution in [1.82, 2.24) is 5.32 Å². The first kappa shape index (κ1) is 15.3. The first-order valence-corrected chi connectivity index (χ1v) is 6.43. The molecule has 0 aromatic carbocycles. The quantitative estimate of drug-likeness (QED) is 0.646. The number of nitrogens with one attached hydrogen (secondary N) is 1. The van der Waals surface area contributed by atoms with E-state index in [4.69, 9.17) is 4.74 Å². The van der Waals surface area contributed by atoms with Crippen LogP contribution in [-0.2, 0) is 4.74 Å². The van der Waals surface area contributed by atoms with Gasteiger partial charge in [-0.3, -0.25) is 0 Å². The highest BCUT2D eigenvalue weighted by Crippen LogP contribution is 2.07. The fourth-order valence-corrected chi connectivity index (χ4v) is 1.33. The Morgan fingerprint density at radius 3 is 2.31 bits per heavy atom. The predicted octanol–water partition coefficient (Wildman–Crippen LogP) is 3.59. The molecule has 0 rings (SSSR count). The molecule has 0 atom stereocenters. The van der Waals surface area contributed by atoms with Gasteiger partial charge >= 0.3 is 6.09 Å². The Kier molecular flexibility index (Phi) is 9.06. The predicted molar refractivity (Wildman–Crippen MR) is 67.5 cm³/mol. The number of rotatable bonds is 8. The summed E-state index contributed by atoms with van der Waals surface area (Å²) in [6.45, 7) is 9.82. The molecular weight excluding hydrogens is 202 g/mol. The van der Waals surface area contributed by atoms with Crippen LogP contribution in [0.1, 0.15) is 53.4 Å². The average Bonchev–Trinajstić information content (AvgIpc) is 2.19. The van der Waals surface area contributed by atoms with E-state index in [9.17, 15) is 4.79 Å². The maximum Gasteiger partial charge on any atom is 0.407 e. The van der Waals surface area contributed by atoms with Gasteiger partial charge in [-0.05, 0) is 18.3 Å². The third kappa shape index (κ3) is 11.3. The fraction of sp³-hybridized carbons (Fsp3) is 0.923. The van der Waals surface area contributed by atoms with Crippen molar-refractivity contribution in [2.24, 2.45) is 11.8 Å². The van der Waals surface area contributed by atoms with E-state index in [2.05, 4.69) is 33.0 Å². The van der Waals surface area contributed by atoms with Gasteiger partial charge in [0, 0.05) is 6.54 Å². The molecular formula is C13H27NO2. The Morgan fingerprint density at radius 1 is 1.06 bits per heavy atom. The number of alkyl carbamates (subject to hydrolysis) is 1. The molecule has 0 saturated carbocycles. The first-order valence-electron chi connectivity index (χ1n) is 6.43. The van der Waals surface area contributed by atoms with Crippen LogP contribution >= 0.6 is 0 Å². The van der Waals surface area contributed by atoms with Crippen LogP contribution in [0.25, 0.3) is 0 Å². The number of amides is 1. The molecule has 0 spiro atoms. The molecule has 0 unspecified atom stereocenters. The molecule has 0 aliphatic rings. The molecule has 96 valence electrons. The van der Waals surface area contributed by atoms with E-state index in [0.717, 1.165) is 18.8 Å². The third-order valence-corrected chi connectivity index (χ3v) is 2.31. The molecule has 1 N–H and O–H groups in total. The Labute approximate surface area is 99.9 Å². The van der Waals surface area contributed by atoms with Crippen molar-refractivity contribution >= 4 is 6.09 Å². The fourth-order valence-electron chi connectivity index (χ4n) is 1.33. The largest absolute Gasteiger partial charge is 0.450 e. The second-order valence-corrected chi connectivity index (χ2v) is 5.15. The lowest BCUT2D eigenvalue weighted by Gasteiger charge is -2.08. The minimum atomic E-state index is -0.280. The summed E-state index contributed by atoms with van der Waals surface area (Å²) in [6.07, 6.45) is 4.34. The SMILES string of the molecule is CC(C)CCCCCOC(=O)NCC(C)C. The van der Waals surface area contributed by atoms with Crippen LogP contribution in [-0.4, -0.2) is 19.2 Å². The molecule has 0 aromatic rings. The van der Waals surface area contributed by atoms with Gasteiger partial charge in [0.15, 0.2) is 0 Å². The Hall–Kier alpha value is -0.730. The van der Waals surface area contributed by atoms with Gasteiger partial charge in [-0.15, -0.1) is 0 Å². The molecule has 3 nitrogen and oxygen atoms in total. The normalized spacial score (nSPS) is 10.9. The van der Waals surface area contributed by atoms with E-state index >= 15 is 0 Å². The van der Waals surface area contributed by atoms with Gasteiger partial charge in [-0.2, -0.15) is 0 Å². The number of carbonyl (C=O) groups is 1. The smallest absolute Gasteiger partial charge is 0.407 e. The van der Waals surface area contributed by atoms with Crippen molar-refractivity contribution < 1.29 is 9.53 Å². The minimum absolute atomic E-state index is 0.280. The summed E-state index contributed by atoms with van der Waals surface area (Å²) in [4.78, 5) is 11.2. The highest BCUT2D eigenvalue weighted by Gasteiger charge is 2.02. The summed E-state index contributed by atoms with van der Waals surface area (Å²) in [7, 11) is 0. The number of unbranched alkanes of at least 4 members (excludes halogenated alkanes) is 2. The Balaban J connectivity index is 3.21. The van der Waals surface area contributed by atoms with E-state index in [-0.39, 0.29) is 6.09 Å². The molecule has 0 aromatic heterocycles. The molecule has 0 bridgehead atoms. The maximum absolute atomic E-state index is 11.2. The van der Waals surface area contributed by atoms with Gasteiger partial charge in [0.25, 0.3) is 0 Å². The van der Waals surface area contributed by atoms with Gasteiger partial charge < -0.3 is 10.1 Å². The Bertz CT molecular complexity index is 179.